The van der Waals surface area contributed by atoms with Crippen molar-refractivity contribution < 1.29 is 4.42 Å². The van der Waals surface area contributed by atoms with Crippen LogP contribution in [0.3, 0.4) is 0 Å². The number of para-hydroxylation sites is 3. The van der Waals surface area contributed by atoms with E-state index in [1.165, 1.54) is 43.7 Å². The van der Waals surface area contributed by atoms with Gasteiger partial charge in [0.05, 0.1) is 34.4 Å². The van der Waals surface area contributed by atoms with E-state index in [1.54, 1.807) is 0 Å². The normalized spacial score (nSPS) is 18.2. The summed E-state index contributed by atoms with van der Waals surface area (Å²) >= 11 is 0. The second kappa shape index (κ2) is 11.2. The van der Waals surface area contributed by atoms with E-state index in [9.17, 15) is 0 Å². The molecular formula is C45H33N5O. The van der Waals surface area contributed by atoms with Crippen molar-refractivity contribution in [2.75, 3.05) is 0 Å². The van der Waals surface area contributed by atoms with Crippen molar-refractivity contribution in [3.05, 3.63) is 175 Å². The Labute approximate surface area is 293 Å². The predicted octanol–water partition coefficient (Wildman–Crippen LogP) is 10.4. The number of fused-ring (bicyclic) bond motifs is 10. The molecule has 0 radical (unpaired) electrons. The number of nitrogens with zero attached hydrogens (tertiary/aromatic N) is 2. The third-order valence-electron chi connectivity index (χ3n) is 10.6. The maximum absolute atomic E-state index is 6.49. The molecule has 0 aliphatic carbocycles. The zero-order chi connectivity index (χ0) is 33.5. The summed E-state index contributed by atoms with van der Waals surface area (Å²) in [6.07, 6.45) is -0.452. The Morgan fingerprint density at radius 2 is 1.02 bits per heavy atom. The number of rotatable bonds is 4. The van der Waals surface area contributed by atoms with Crippen molar-refractivity contribution in [2.45, 2.75) is 18.6 Å². The summed E-state index contributed by atoms with van der Waals surface area (Å²) < 4.78 is 11.4. The molecule has 51 heavy (non-hydrogen) atoms. The lowest BCUT2D eigenvalue weighted by Crippen LogP contribution is -2.56. The van der Waals surface area contributed by atoms with Gasteiger partial charge < -0.3 is 13.6 Å². The van der Waals surface area contributed by atoms with Crippen molar-refractivity contribution in [3.63, 3.8) is 0 Å². The summed E-state index contributed by atoms with van der Waals surface area (Å²) in [6.45, 7) is 0. The first-order chi connectivity index (χ1) is 25.3. The third kappa shape index (κ3) is 4.34. The van der Waals surface area contributed by atoms with Crippen LogP contribution in [0.4, 0.5) is 0 Å². The van der Waals surface area contributed by atoms with Crippen LogP contribution in [0.5, 0.6) is 0 Å². The zero-order valence-electron chi connectivity index (χ0n) is 27.6. The number of hydrogen-bond acceptors (Lipinski definition) is 4. The topological polar surface area (TPSA) is 59.1 Å². The van der Waals surface area contributed by atoms with E-state index >= 15 is 0 Å². The van der Waals surface area contributed by atoms with Crippen molar-refractivity contribution in [2.24, 2.45) is 0 Å². The van der Waals surface area contributed by atoms with Gasteiger partial charge in [0, 0.05) is 38.0 Å². The fourth-order valence-electron chi connectivity index (χ4n) is 8.40. The zero-order valence-corrected chi connectivity index (χ0v) is 27.6. The molecule has 1 aliphatic heterocycles. The van der Waals surface area contributed by atoms with Gasteiger partial charge in [-0.2, -0.15) is 0 Å². The van der Waals surface area contributed by atoms with Crippen LogP contribution in [0, 0.1) is 0 Å². The second-order valence-corrected chi connectivity index (χ2v) is 13.5. The van der Waals surface area contributed by atoms with Crippen molar-refractivity contribution >= 4 is 65.6 Å². The minimum atomic E-state index is -0.253. The number of nitrogens with one attached hydrogen (secondary N) is 3. The van der Waals surface area contributed by atoms with Gasteiger partial charge in [-0.3, -0.25) is 16.0 Å². The lowest BCUT2D eigenvalue weighted by molar-refractivity contribution is 0.161. The molecule has 2 atom stereocenters. The summed E-state index contributed by atoms with van der Waals surface area (Å²) in [5.74, 6) is 0. The van der Waals surface area contributed by atoms with Gasteiger partial charge in [-0.05, 0) is 59.7 Å². The fraction of sp³-hybridized carbons (Fsp3) is 0.0667. The molecule has 0 spiro atoms. The molecule has 3 aromatic heterocycles. The lowest BCUT2D eigenvalue weighted by atomic mass is 10.0. The first kappa shape index (κ1) is 28.6. The molecule has 1 aliphatic rings. The van der Waals surface area contributed by atoms with E-state index < -0.39 is 0 Å². The number of furan rings is 1. The van der Waals surface area contributed by atoms with E-state index in [-0.39, 0.29) is 18.6 Å². The summed E-state index contributed by atoms with van der Waals surface area (Å²) in [7, 11) is 0. The fourth-order valence-corrected chi connectivity index (χ4v) is 8.40. The highest BCUT2D eigenvalue weighted by molar-refractivity contribution is 6.29. The van der Waals surface area contributed by atoms with E-state index in [1.807, 2.05) is 6.07 Å². The number of aromatic nitrogens is 2. The molecule has 0 amide bonds. The number of hydrogen-bond donors (Lipinski definition) is 3. The van der Waals surface area contributed by atoms with Crippen molar-refractivity contribution in [1.29, 1.82) is 0 Å². The van der Waals surface area contributed by atoms with Gasteiger partial charge in [-0.25, -0.2) is 0 Å². The Kier molecular flexibility index (Phi) is 6.27. The van der Waals surface area contributed by atoms with Gasteiger partial charge in [0.1, 0.15) is 17.5 Å². The molecule has 11 rings (SSSR count). The SMILES string of the molecule is c1ccc(C2NC(c3ccccc3)NC(n3c4cc5c6ccccc6n(-c6ccccc6)c5cc4c4c5c(ccc43)oc3ccccc35)N2)cc1. The molecular weight excluding hydrogens is 627 g/mol. The highest BCUT2D eigenvalue weighted by Gasteiger charge is 2.32. The van der Waals surface area contributed by atoms with Crippen LogP contribution in [0.1, 0.15) is 29.7 Å². The van der Waals surface area contributed by atoms with Crippen LogP contribution in [-0.2, 0) is 0 Å². The molecule has 10 aromatic rings. The van der Waals surface area contributed by atoms with Crippen LogP contribution in [-0.4, -0.2) is 9.13 Å². The largest absolute Gasteiger partial charge is 0.456 e. The number of benzene rings is 7. The molecule has 7 aromatic carbocycles. The van der Waals surface area contributed by atoms with Crippen molar-refractivity contribution in [3.8, 4) is 5.69 Å². The van der Waals surface area contributed by atoms with E-state index in [4.69, 9.17) is 4.42 Å². The molecule has 1 saturated heterocycles. The summed E-state index contributed by atoms with van der Waals surface area (Å²) in [5, 5.41) is 18.8. The molecule has 2 unspecified atom stereocenters. The van der Waals surface area contributed by atoms with Gasteiger partial charge in [0.25, 0.3) is 0 Å². The molecule has 3 N–H and O–H groups in total. The van der Waals surface area contributed by atoms with Crippen LogP contribution < -0.4 is 16.0 Å². The maximum Gasteiger partial charge on any atom is 0.142 e. The Bertz CT molecular complexity index is 2860. The van der Waals surface area contributed by atoms with E-state index in [0.29, 0.717) is 0 Å². The second-order valence-electron chi connectivity index (χ2n) is 13.5. The van der Waals surface area contributed by atoms with Crippen LogP contribution in [0.15, 0.2) is 168 Å². The Hall–Kier alpha value is -6.18. The van der Waals surface area contributed by atoms with Gasteiger partial charge in [-0.1, -0.05) is 115 Å². The quantitative estimate of drug-likeness (QED) is 0.176. The highest BCUT2D eigenvalue weighted by atomic mass is 16.3. The molecule has 4 heterocycles. The monoisotopic (exact) mass is 659 g/mol. The van der Waals surface area contributed by atoms with Crippen LogP contribution in [0.25, 0.3) is 71.2 Å². The first-order valence-corrected chi connectivity index (χ1v) is 17.5. The summed E-state index contributed by atoms with van der Waals surface area (Å²) in [5.41, 5.74) is 9.94. The van der Waals surface area contributed by atoms with Crippen molar-refractivity contribution in [1.82, 2.24) is 25.1 Å². The van der Waals surface area contributed by atoms with Crippen LogP contribution in [0.2, 0.25) is 0 Å². The summed E-state index contributed by atoms with van der Waals surface area (Å²) in [4.78, 5) is 0. The minimum Gasteiger partial charge on any atom is -0.456 e. The predicted molar refractivity (Wildman–Crippen MR) is 208 cm³/mol. The lowest BCUT2D eigenvalue weighted by Gasteiger charge is -2.40. The first-order valence-electron chi connectivity index (χ1n) is 17.5. The average molecular weight is 660 g/mol. The molecule has 0 bridgehead atoms. The standard InChI is InChI=1S/C45H33N5O/c1-4-14-28(15-5-1)43-46-44(29-16-6-2-7-17-29)48-45(47-43)50-36-24-25-40-42(32-21-11-13-23-39(32)51-40)41(36)34-27-37-33(26-38(34)50)31-20-10-12-22-35(31)49(37)30-18-8-3-9-19-30/h1-27,43-48H. The minimum absolute atomic E-state index is 0.0997. The molecule has 6 heteroatoms. The molecule has 0 saturated carbocycles. The molecule has 244 valence electrons. The smallest absolute Gasteiger partial charge is 0.142 e. The summed E-state index contributed by atoms with van der Waals surface area (Å²) in [6, 6.07) is 58.3. The third-order valence-corrected chi connectivity index (χ3v) is 10.6. The Balaban J connectivity index is 1.25. The van der Waals surface area contributed by atoms with Gasteiger partial charge in [0.15, 0.2) is 0 Å². The highest BCUT2D eigenvalue weighted by Crippen LogP contribution is 2.44. The van der Waals surface area contributed by atoms with Crippen LogP contribution >= 0.6 is 0 Å². The van der Waals surface area contributed by atoms with E-state index in [2.05, 4.69) is 183 Å². The average Bonchev–Trinajstić information content (AvgIpc) is 3.85. The van der Waals surface area contributed by atoms with Gasteiger partial charge in [-0.15, -0.1) is 0 Å². The maximum atomic E-state index is 6.49. The van der Waals surface area contributed by atoms with E-state index in [0.717, 1.165) is 38.7 Å². The Morgan fingerprint density at radius 3 is 1.75 bits per heavy atom. The molecule has 1 fully saturated rings. The molecule has 6 nitrogen and oxygen atoms in total. The Morgan fingerprint density at radius 1 is 0.412 bits per heavy atom. The van der Waals surface area contributed by atoms with Gasteiger partial charge >= 0.3 is 0 Å². The van der Waals surface area contributed by atoms with Gasteiger partial charge in [0.2, 0.25) is 0 Å².